The minimum Gasteiger partial charge on any atom is -0.457 e. The summed E-state index contributed by atoms with van der Waals surface area (Å²) in [5.41, 5.74) is 0.331. The number of H-pyrrole nitrogens is 1. The van der Waals surface area contributed by atoms with Crippen molar-refractivity contribution in [3.63, 3.8) is 0 Å². The number of nitrogens with one attached hydrogen (secondary N) is 2. The number of benzene rings is 3. The van der Waals surface area contributed by atoms with E-state index in [4.69, 9.17) is 16.3 Å². The van der Waals surface area contributed by atoms with Gasteiger partial charge in [0.2, 0.25) is 0 Å². The lowest BCUT2D eigenvalue weighted by molar-refractivity contribution is -0.137. The van der Waals surface area contributed by atoms with Crippen molar-refractivity contribution >= 4 is 34.2 Å². The Labute approximate surface area is 173 Å². The molecule has 0 spiro atoms. The third-order valence-corrected chi connectivity index (χ3v) is 4.53. The monoisotopic (exact) mass is 431 g/mol. The first-order valence-corrected chi connectivity index (χ1v) is 9.07. The van der Waals surface area contributed by atoms with Crippen molar-refractivity contribution in [2.45, 2.75) is 6.18 Å². The van der Waals surface area contributed by atoms with Gasteiger partial charge in [-0.25, -0.2) is 0 Å². The summed E-state index contributed by atoms with van der Waals surface area (Å²) in [6, 6.07) is 15.7. The molecule has 0 fully saturated rings. The van der Waals surface area contributed by atoms with E-state index in [0.717, 1.165) is 17.6 Å². The van der Waals surface area contributed by atoms with Crippen molar-refractivity contribution in [3.8, 4) is 11.5 Å². The molecule has 4 rings (SSSR count). The SMILES string of the molecule is O=C(Nc1n[nH]c2ccc(Cl)cc12)c1ccc(Oc2ccc(C(F)(F)F)cc2)cc1. The number of aromatic nitrogens is 2. The molecule has 30 heavy (non-hydrogen) atoms. The molecular formula is C21H13ClF3N3O2. The molecule has 0 radical (unpaired) electrons. The Bertz CT molecular complexity index is 1200. The molecule has 0 aliphatic rings. The summed E-state index contributed by atoms with van der Waals surface area (Å²) in [7, 11) is 0. The molecule has 0 atom stereocenters. The second kappa shape index (κ2) is 7.72. The highest BCUT2D eigenvalue weighted by molar-refractivity contribution is 6.31. The Hall–Kier alpha value is -3.52. The first kappa shape index (κ1) is 19.8. The molecule has 0 aliphatic carbocycles. The number of ether oxygens (including phenoxy) is 1. The summed E-state index contributed by atoms with van der Waals surface area (Å²) in [4.78, 5) is 12.5. The van der Waals surface area contributed by atoms with Gasteiger partial charge >= 0.3 is 6.18 Å². The van der Waals surface area contributed by atoms with Gasteiger partial charge in [-0.15, -0.1) is 0 Å². The molecule has 9 heteroatoms. The quantitative estimate of drug-likeness (QED) is 0.399. The predicted molar refractivity (Wildman–Crippen MR) is 107 cm³/mol. The molecule has 2 N–H and O–H groups in total. The van der Waals surface area contributed by atoms with Crippen LogP contribution in [0.2, 0.25) is 5.02 Å². The first-order valence-electron chi connectivity index (χ1n) is 8.70. The summed E-state index contributed by atoms with van der Waals surface area (Å²) >= 11 is 5.99. The Kier molecular flexibility index (Phi) is 5.09. The summed E-state index contributed by atoms with van der Waals surface area (Å²) in [5.74, 6) is 0.593. The highest BCUT2D eigenvalue weighted by atomic mass is 35.5. The van der Waals surface area contributed by atoms with Crippen LogP contribution in [0.5, 0.6) is 11.5 Å². The van der Waals surface area contributed by atoms with Gasteiger partial charge in [-0.3, -0.25) is 9.89 Å². The van der Waals surface area contributed by atoms with E-state index in [2.05, 4.69) is 15.5 Å². The van der Waals surface area contributed by atoms with E-state index in [1.54, 1.807) is 30.3 Å². The lowest BCUT2D eigenvalue weighted by atomic mass is 10.2. The van der Waals surface area contributed by atoms with Crippen LogP contribution < -0.4 is 10.1 Å². The van der Waals surface area contributed by atoms with Crippen molar-refractivity contribution < 1.29 is 22.7 Å². The molecule has 152 valence electrons. The number of halogens is 4. The van der Waals surface area contributed by atoms with Gasteiger partial charge in [0, 0.05) is 16.0 Å². The lowest BCUT2D eigenvalue weighted by Crippen LogP contribution is -2.12. The first-order chi connectivity index (χ1) is 14.3. The van der Waals surface area contributed by atoms with Gasteiger partial charge in [0.1, 0.15) is 11.5 Å². The third-order valence-electron chi connectivity index (χ3n) is 4.29. The second-order valence-electron chi connectivity index (χ2n) is 6.36. The van der Waals surface area contributed by atoms with Crippen LogP contribution in [0, 0.1) is 0 Å². The number of anilines is 1. The Balaban J connectivity index is 1.45. The minimum absolute atomic E-state index is 0.250. The molecule has 0 aliphatic heterocycles. The summed E-state index contributed by atoms with van der Waals surface area (Å²) < 4.78 is 43.4. The number of hydrogen-bond donors (Lipinski definition) is 2. The van der Waals surface area contributed by atoms with Crippen LogP contribution >= 0.6 is 11.6 Å². The van der Waals surface area contributed by atoms with E-state index < -0.39 is 11.7 Å². The van der Waals surface area contributed by atoms with Crippen LogP contribution in [0.3, 0.4) is 0 Å². The van der Waals surface area contributed by atoms with Crippen LogP contribution in [-0.2, 0) is 6.18 Å². The van der Waals surface area contributed by atoms with Gasteiger partial charge in [-0.1, -0.05) is 11.6 Å². The Morgan fingerprint density at radius 1 is 0.967 bits per heavy atom. The van der Waals surface area contributed by atoms with Gasteiger partial charge in [-0.05, 0) is 66.7 Å². The molecule has 1 heterocycles. The van der Waals surface area contributed by atoms with Gasteiger partial charge in [-0.2, -0.15) is 18.3 Å². The molecule has 0 saturated carbocycles. The number of carbonyl (C=O) groups is 1. The van der Waals surface area contributed by atoms with Crippen molar-refractivity contribution in [2.75, 3.05) is 5.32 Å². The number of rotatable bonds is 4. The minimum atomic E-state index is -4.40. The van der Waals surface area contributed by atoms with E-state index in [1.165, 1.54) is 24.3 Å². The van der Waals surface area contributed by atoms with E-state index in [0.29, 0.717) is 27.5 Å². The summed E-state index contributed by atoms with van der Waals surface area (Å²) in [6.07, 6.45) is -4.40. The number of amides is 1. The van der Waals surface area contributed by atoms with Gasteiger partial charge in [0.15, 0.2) is 5.82 Å². The van der Waals surface area contributed by atoms with Gasteiger partial charge in [0.05, 0.1) is 11.1 Å². The van der Waals surface area contributed by atoms with Crippen molar-refractivity contribution in [1.29, 1.82) is 0 Å². The number of carbonyl (C=O) groups excluding carboxylic acids is 1. The van der Waals surface area contributed by atoms with E-state index in [-0.39, 0.29) is 11.7 Å². The number of alkyl halides is 3. The zero-order chi connectivity index (χ0) is 21.3. The fraction of sp³-hybridized carbons (Fsp3) is 0.0476. The normalized spacial score (nSPS) is 11.5. The highest BCUT2D eigenvalue weighted by Gasteiger charge is 2.30. The van der Waals surface area contributed by atoms with Gasteiger partial charge < -0.3 is 10.1 Å². The largest absolute Gasteiger partial charge is 0.457 e. The topological polar surface area (TPSA) is 67.0 Å². The van der Waals surface area contributed by atoms with Crippen LogP contribution in [-0.4, -0.2) is 16.1 Å². The maximum atomic E-state index is 12.6. The second-order valence-corrected chi connectivity index (χ2v) is 6.80. The molecule has 0 saturated heterocycles. The van der Waals surface area contributed by atoms with E-state index in [1.807, 2.05) is 0 Å². The smallest absolute Gasteiger partial charge is 0.416 e. The fourth-order valence-corrected chi connectivity index (χ4v) is 2.96. The number of hydrogen-bond acceptors (Lipinski definition) is 3. The Morgan fingerprint density at radius 2 is 1.60 bits per heavy atom. The zero-order valence-corrected chi connectivity index (χ0v) is 15.9. The molecule has 4 aromatic rings. The molecule has 3 aromatic carbocycles. The Morgan fingerprint density at radius 3 is 2.23 bits per heavy atom. The number of fused-ring (bicyclic) bond motifs is 1. The summed E-state index contributed by atoms with van der Waals surface area (Å²) in [6.45, 7) is 0. The average molecular weight is 432 g/mol. The van der Waals surface area contributed by atoms with Crippen LogP contribution in [0.15, 0.2) is 66.7 Å². The van der Waals surface area contributed by atoms with Crippen molar-refractivity contribution in [2.24, 2.45) is 0 Å². The van der Waals surface area contributed by atoms with Crippen LogP contribution in [0.1, 0.15) is 15.9 Å². The molecule has 5 nitrogen and oxygen atoms in total. The van der Waals surface area contributed by atoms with E-state index >= 15 is 0 Å². The predicted octanol–water partition coefficient (Wildman–Crippen LogP) is 6.28. The molecular weight excluding hydrogens is 419 g/mol. The summed E-state index contributed by atoms with van der Waals surface area (Å²) in [5, 5.41) is 10.8. The standard InChI is InChI=1S/C21H13ClF3N3O2/c22-14-5-10-18-17(11-14)19(28-27-18)26-20(29)12-1-6-15(7-2-12)30-16-8-3-13(4-9-16)21(23,24)25/h1-11H,(H2,26,27,28,29). The molecule has 0 bridgehead atoms. The third kappa shape index (κ3) is 4.23. The van der Waals surface area contributed by atoms with Crippen molar-refractivity contribution in [1.82, 2.24) is 10.2 Å². The maximum absolute atomic E-state index is 12.6. The molecule has 1 aromatic heterocycles. The van der Waals surface area contributed by atoms with Crippen molar-refractivity contribution in [3.05, 3.63) is 82.9 Å². The zero-order valence-electron chi connectivity index (χ0n) is 15.1. The number of aromatic amines is 1. The fourth-order valence-electron chi connectivity index (χ4n) is 2.78. The highest BCUT2D eigenvalue weighted by Crippen LogP contribution is 2.31. The van der Waals surface area contributed by atoms with Gasteiger partial charge in [0.25, 0.3) is 5.91 Å². The maximum Gasteiger partial charge on any atom is 0.416 e. The lowest BCUT2D eigenvalue weighted by Gasteiger charge is -2.09. The van der Waals surface area contributed by atoms with Crippen LogP contribution in [0.4, 0.5) is 19.0 Å². The number of nitrogens with zero attached hydrogens (tertiary/aromatic N) is 1. The van der Waals surface area contributed by atoms with Crippen LogP contribution in [0.25, 0.3) is 10.9 Å². The molecule has 0 unspecified atom stereocenters. The average Bonchev–Trinajstić information content (AvgIpc) is 3.10. The molecule has 1 amide bonds. The van der Waals surface area contributed by atoms with E-state index in [9.17, 15) is 18.0 Å².